The molecule has 0 saturated carbocycles. The fraction of sp³-hybridized carbons (Fsp3) is 0.133. The van der Waals surface area contributed by atoms with Gasteiger partial charge in [-0.2, -0.15) is 4.98 Å². The smallest absolute Gasteiger partial charge is 0.295 e. The van der Waals surface area contributed by atoms with Crippen LogP contribution in [0.3, 0.4) is 0 Å². The van der Waals surface area contributed by atoms with Gasteiger partial charge in [-0.3, -0.25) is 0 Å². The van der Waals surface area contributed by atoms with Crippen LogP contribution in [0.1, 0.15) is 5.56 Å². The number of anilines is 2. The van der Waals surface area contributed by atoms with Crippen LogP contribution in [0.2, 0.25) is 0 Å². The van der Waals surface area contributed by atoms with Crippen molar-refractivity contribution < 1.29 is 9.52 Å². The Morgan fingerprint density at radius 2 is 1.95 bits per heavy atom. The first kappa shape index (κ1) is 12.3. The van der Waals surface area contributed by atoms with Gasteiger partial charge in [-0.1, -0.05) is 18.2 Å². The zero-order valence-corrected chi connectivity index (χ0v) is 10.8. The molecule has 102 valence electrons. The number of aromatic nitrogens is 1. The molecule has 0 spiro atoms. The van der Waals surface area contributed by atoms with Gasteiger partial charge in [0.25, 0.3) is 6.01 Å². The fourth-order valence-corrected chi connectivity index (χ4v) is 2.02. The van der Waals surface area contributed by atoms with E-state index in [-0.39, 0.29) is 5.75 Å². The van der Waals surface area contributed by atoms with Gasteiger partial charge in [0.1, 0.15) is 11.3 Å². The van der Waals surface area contributed by atoms with Crippen LogP contribution in [0, 0.1) is 0 Å². The number of phenols is 1. The molecule has 3 aromatic rings. The van der Waals surface area contributed by atoms with E-state index in [1.807, 2.05) is 24.3 Å². The third-order valence-corrected chi connectivity index (χ3v) is 3.08. The van der Waals surface area contributed by atoms with Crippen molar-refractivity contribution in [2.24, 2.45) is 0 Å². The standard InChI is InChI=1S/C15H15N3O2/c16-12-2-1-3-13-14(12)18-15(20-13)17-9-8-10-4-6-11(19)7-5-10/h1-7,19H,8-9,16H2,(H,17,18). The predicted molar refractivity (Wildman–Crippen MR) is 78.7 cm³/mol. The van der Waals surface area contributed by atoms with Crippen LogP contribution < -0.4 is 11.1 Å². The molecule has 5 heteroatoms. The summed E-state index contributed by atoms with van der Waals surface area (Å²) in [5, 5.41) is 12.3. The van der Waals surface area contributed by atoms with Crippen LogP contribution in [0.25, 0.3) is 11.1 Å². The van der Waals surface area contributed by atoms with E-state index in [1.54, 1.807) is 18.2 Å². The summed E-state index contributed by atoms with van der Waals surface area (Å²) in [6.07, 6.45) is 0.814. The number of nitrogens with two attached hydrogens (primary N) is 1. The molecule has 0 fully saturated rings. The van der Waals surface area contributed by atoms with E-state index in [0.717, 1.165) is 12.0 Å². The summed E-state index contributed by atoms with van der Waals surface area (Å²) < 4.78 is 5.56. The molecule has 0 radical (unpaired) electrons. The summed E-state index contributed by atoms with van der Waals surface area (Å²) in [6, 6.07) is 13.1. The van der Waals surface area contributed by atoms with E-state index >= 15 is 0 Å². The Kier molecular flexibility index (Phi) is 3.16. The number of fused-ring (bicyclic) bond motifs is 1. The van der Waals surface area contributed by atoms with Gasteiger partial charge in [-0.15, -0.1) is 0 Å². The second-order valence-corrected chi connectivity index (χ2v) is 4.56. The van der Waals surface area contributed by atoms with E-state index in [4.69, 9.17) is 10.2 Å². The van der Waals surface area contributed by atoms with Crippen LogP contribution in [0.4, 0.5) is 11.7 Å². The lowest BCUT2D eigenvalue weighted by Gasteiger charge is -2.02. The molecule has 0 atom stereocenters. The van der Waals surface area contributed by atoms with Crippen LogP contribution >= 0.6 is 0 Å². The number of hydrogen-bond donors (Lipinski definition) is 3. The Balaban J connectivity index is 1.65. The average Bonchev–Trinajstić information content (AvgIpc) is 2.85. The van der Waals surface area contributed by atoms with Gasteiger partial charge in [-0.25, -0.2) is 0 Å². The summed E-state index contributed by atoms with van der Waals surface area (Å²) in [5.41, 5.74) is 8.93. The first-order valence-electron chi connectivity index (χ1n) is 6.39. The van der Waals surface area contributed by atoms with E-state index in [0.29, 0.717) is 29.3 Å². The maximum absolute atomic E-state index is 9.21. The number of nitrogen functional groups attached to an aromatic ring is 1. The highest BCUT2D eigenvalue weighted by Gasteiger charge is 2.07. The highest BCUT2D eigenvalue weighted by atomic mass is 16.4. The molecule has 0 aliphatic heterocycles. The van der Waals surface area contributed by atoms with Crippen molar-refractivity contribution in [2.45, 2.75) is 6.42 Å². The summed E-state index contributed by atoms with van der Waals surface area (Å²) in [6.45, 7) is 0.692. The quantitative estimate of drug-likeness (QED) is 0.634. The van der Waals surface area contributed by atoms with E-state index in [1.165, 1.54) is 0 Å². The SMILES string of the molecule is Nc1cccc2oc(NCCc3ccc(O)cc3)nc12. The third kappa shape index (κ3) is 2.51. The Morgan fingerprint density at radius 3 is 2.70 bits per heavy atom. The number of nitrogens with one attached hydrogen (secondary N) is 1. The van der Waals surface area contributed by atoms with Crippen LogP contribution in [0.15, 0.2) is 46.9 Å². The molecule has 3 rings (SSSR count). The first-order chi connectivity index (χ1) is 9.72. The van der Waals surface area contributed by atoms with Gasteiger partial charge >= 0.3 is 0 Å². The minimum Gasteiger partial charge on any atom is -0.508 e. The summed E-state index contributed by atoms with van der Waals surface area (Å²) in [5.74, 6) is 0.274. The molecule has 0 unspecified atom stereocenters. The number of rotatable bonds is 4. The lowest BCUT2D eigenvalue weighted by Crippen LogP contribution is -2.04. The van der Waals surface area contributed by atoms with Crippen molar-refractivity contribution in [1.82, 2.24) is 4.98 Å². The molecule has 0 aliphatic rings. The number of phenolic OH excluding ortho intramolecular Hbond substituents is 1. The first-order valence-corrected chi connectivity index (χ1v) is 6.39. The second kappa shape index (κ2) is 5.13. The topological polar surface area (TPSA) is 84.3 Å². The van der Waals surface area contributed by atoms with Crippen molar-refractivity contribution >= 4 is 22.8 Å². The molecule has 1 aromatic heterocycles. The molecule has 20 heavy (non-hydrogen) atoms. The minimum absolute atomic E-state index is 0.274. The van der Waals surface area contributed by atoms with Crippen molar-refractivity contribution in [3.63, 3.8) is 0 Å². The molecule has 2 aromatic carbocycles. The molecule has 1 heterocycles. The number of hydrogen-bond acceptors (Lipinski definition) is 5. The van der Waals surface area contributed by atoms with Crippen molar-refractivity contribution in [3.05, 3.63) is 48.0 Å². The van der Waals surface area contributed by atoms with Crippen molar-refractivity contribution in [2.75, 3.05) is 17.6 Å². The normalized spacial score (nSPS) is 10.8. The van der Waals surface area contributed by atoms with E-state index < -0.39 is 0 Å². The fourth-order valence-electron chi connectivity index (χ4n) is 2.02. The molecule has 0 amide bonds. The molecular weight excluding hydrogens is 254 g/mol. The summed E-state index contributed by atoms with van der Waals surface area (Å²) >= 11 is 0. The van der Waals surface area contributed by atoms with Gasteiger partial charge in [-0.05, 0) is 36.2 Å². The van der Waals surface area contributed by atoms with Crippen LogP contribution in [-0.2, 0) is 6.42 Å². The molecule has 0 bridgehead atoms. The third-order valence-electron chi connectivity index (χ3n) is 3.08. The zero-order chi connectivity index (χ0) is 13.9. The predicted octanol–water partition coefficient (Wildman–Crippen LogP) is 2.77. The second-order valence-electron chi connectivity index (χ2n) is 4.56. The molecule has 0 saturated heterocycles. The van der Waals surface area contributed by atoms with E-state index in [9.17, 15) is 5.11 Å². The lowest BCUT2D eigenvalue weighted by atomic mass is 10.1. The number of benzene rings is 2. The zero-order valence-electron chi connectivity index (χ0n) is 10.8. The summed E-state index contributed by atoms with van der Waals surface area (Å²) in [7, 11) is 0. The number of nitrogens with zero attached hydrogens (tertiary/aromatic N) is 1. The molecule has 0 aliphatic carbocycles. The van der Waals surface area contributed by atoms with Gasteiger partial charge in [0.15, 0.2) is 5.58 Å². The van der Waals surface area contributed by atoms with Crippen molar-refractivity contribution in [3.8, 4) is 5.75 Å². The van der Waals surface area contributed by atoms with Gasteiger partial charge in [0, 0.05) is 6.54 Å². The maximum atomic E-state index is 9.21. The maximum Gasteiger partial charge on any atom is 0.295 e. The molecule has 5 nitrogen and oxygen atoms in total. The largest absolute Gasteiger partial charge is 0.508 e. The molecular formula is C15H15N3O2. The number of oxazole rings is 1. The Morgan fingerprint density at radius 1 is 1.15 bits per heavy atom. The van der Waals surface area contributed by atoms with Crippen LogP contribution in [0.5, 0.6) is 5.75 Å². The Hall–Kier alpha value is -2.69. The van der Waals surface area contributed by atoms with Gasteiger partial charge < -0.3 is 20.6 Å². The molecule has 4 N–H and O–H groups in total. The number of para-hydroxylation sites is 1. The van der Waals surface area contributed by atoms with Gasteiger partial charge in [0.2, 0.25) is 0 Å². The van der Waals surface area contributed by atoms with Gasteiger partial charge in [0.05, 0.1) is 5.69 Å². The number of aromatic hydroxyl groups is 1. The lowest BCUT2D eigenvalue weighted by molar-refractivity contribution is 0.475. The highest BCUT2D eigenvalue weighted by molar-refractivity contribution is 5.86. The summed E-state index contributed by atoms with van der Waals surface area (Å²) in [4.78, 5) is 4.31. The monoisotopic (exact) mass is 269 g/mol. The Labute approximate surface area is 116 Å². The Bertz CT molecular complexity index is 720. The van der Waals surface area contributed by atoms with Crippen molar-refractivity contribution in [1.29, 1.82) is 0 Å². The van der Waals surface area contributed by atoms with Crippen LogP contribution in [-0.4, -0.2) is 16.6 Å². The van der Waals surface area contributed by atoms with E-state index in [2.05, 4.69) is 10.3 Å². The average molecular weight is 269 g/mol. The minimum atomic E-state index is 0.274. The highest BCUT2D eigenvalue weighted by Crippen LogP contribution is 2.23.